The van der Waals surface area contributed by atoms with Crippen LogP contribution in [-0.2, 0) is 16.0 Å². The van der Waals surface area contributed by atoms with E-state index in [0.717, 1.165) is 5.56 Å². The van der Waals surface area contributed by atoms with E-state index in [1.54, 1.807) is 43.5 Å². The third-order valence-electron chi connectivity index (χ3n) is 3.64. The minimum absolute atomic E-state index is 0.0276. The molecule has 0 aliphatic rings. The summed E-state index contributed by atoms with van der Waals surface area (Å²) >= 11 is 5.98. The molecule has 0 saturated carbocycles. The van der Waals surface area contributed by atoms with Gasteiger partial charge in [-0.2, -0.15) is 0 Å². The second-order valence-electron chi connectivity index (χ2n) is 6.30. The highest BCUT2D eigenvalue weighted by atomic mass is 35.5. The second-order valence-corrected chi connectivity index (χ2v) is 6.74. The zero-order valence-electron chi connectivity index (χ0n) is 15.6. The smallest absolute Gasteiger partial charge is 0.248 e. The van der Waals surface area contributed by atoms with Gasteiger partial charge in [0.25, 0.3) is 0 Å². The van der Waals surface area contributed by atoms with Crippen molar-refractivity contribution in [1.29, 1.82) is 0 Å². The standard InChI is InChI=1S/C21H23ClN2O3/c1-14(2)23-21(26)12-15-4-8-18(9-5-15)24-20(25)11-6-16-13-17(22)7-10-19(16)27-3/h4-11,13-14H,12H2,1-3H3,(H,23,26)(H,24,25). The Hall–Kier alpha value is -2.79. The Morgan fingerprint density at radius 2 is 1.85 bits per heavy atom. The summed E-state index contributed by atoms with van der Waals surface area (Å²) in [5.74, 6) is 0.329. The first-order valence-electron chi connectivity index (χ1n) is 8.58. The maximum Gasteiger partial charge on any atom is 0.248 e. The molecular weight excluding hydrogens is 364 g/mol. The van der Waals surface area contributed by atoms with Crippen molar-refractivity contribution in [3.8, 4) is 5.75 Å². The van der Waals surface area contributed by atoms with E-state index in [1.807, 2.05) is 26.0 Å². The lowest BCUT2D eigenvalue weighted by molar-refractivity contribution is -0.121. The lowest BCUT2D eigenvalue weighted by Crippen LogP contribution is -2.31. The van der Waals surface area contributed by atoms with Crippen molar-refractivity contribution in [2.75, 3.05) is 12.4 Å². The van der Waals surface area contributed by atoms with Gasteiger partial charge in [-0.15, -0.1) is 0 Å². The second kappa shape index (κ2) is 9.78. The number of carbonyl (C=O) groups excluding carboxylic acids is 2. The Labute approximate surface area is 164 Å². The molecule has 0 aromatic heterocycles. The summed E-state index contributed by atoms with van der Waals surface area (Å²) in [5, 5.41) is 6.19. The van der Waals surface area contributed by atoms with Crippen LogP contribution in [0.25, 0.3) is 6.08 Å². The van der Waals surface area contributed by atoms with Gasteiger partial charge in [-0.3, -0.25) is 9.59 Å². The molecule has 0 fully saturated rings. The van der Waals surface area contributed by atoms with Crippen molar-refractivity contribution < 1.29 is 14.3 Å². The van der Waals surface area contributed by atoms with E-state index in [4.69, 9.17) is 16.3 Å². The maximum absolute atomic E-state index is 12.1. The molecule has 142 valence electrons. The Balaban J connectivity index is 1.96. The minimum atomic E-state index is -0.276. The summed E-state index contributed by atoms with van der Waals surface area (Å²) in [6.45, 7) is 3.84. The molecule has 0 saturated heterocycles. The monoisotopic (exact) mass is 386 g/mol. The first kappa shape index (κ1) is 20.5. The van der Waals surface area contributed by atoms with Gasteiger partial charge < -0.3 is 15.4 Å². The van der Waals surface area contributed by atoms with Crippen molar-refractivity contribution in [2.24, 2.45) is 0 Å². The first-order chi connectivity index (χ1) is 12.9. The van der Waals surface area contributed by atoms with Crippen LogP contribution < -0.4 is 15.4 Å². The van der Waals surface area contributed by atoms with E-state index in [2.05, 4.69) is 10.6 Å². The number of nitrogens with one attached hydrogen (secondary N) is 2. The maximum atomic E-state index is 12.1. The zero-order valence-corrected chi connectivity index (χ0v) is 16.3. The van der Waals surface area contributed by atoms with Crippen molar-refractivity contribution >= 4 is 35.2 Å². The number of halogens is 1. The predicted octanol–water partition coefficient (Wildman–Crippen LogP) is 4.07. The molecular formula is C21H23ClN2O3. The largest absolute Gasteiger partial charge is 0.496 e. The number of benzene rings is 2. The van der Waals surface area contributed by atoms with Gasteiger partial charge in [0.1, 0.15) is 5.75 Å². The fourth-order valence-corrected chi connectivity index (χ4v) is 2.63. The van der Waals surface area contributed by atoms with Crippen molar-refractivity contribution in [3.63, 3.8) is 0 Å². The molecule has 2 aromatic rings. The molecule has 0 atom stereocenters. The summed E-state index contributed by atoms with van der Waals surface area (Å²) in [7, 11) is 1.56. The SMILES string of the molecule is COc1ccc(Cl)cc1C=CC(=O)Nc1ccc(CC(=O)NC(C)C)cc1. The number of rotatable bonds is 7. The fraction of sp³-hybridized carbons (Fsp3) is 0.238. The van der Waals surface area contributed by atoms with Gasteiger partial charge in [0.2, 0.25) is 11.8 Å². The van der Waals surface area contributed by atoms with Gasteiger partial charge in [0.15, 0.2) is 0 Å². The van der Waals surface area contributed by atoms with Gasteiger partial charge in [-0.25, -0.2) is 0 Å². The van der Waals surface area contributed by atoms with E-state index in [9.17, 15) is 9.59 Å². The first-order valence-corrected chi connectivity index (χ1v) is 8.96. The van der Waals surface area contributed by atoms with Gasteiger partial charge in [0, 0.05) is 28.4 Å². The van der Waals surface area contributed by atoms with Crippen LogP contribution in [0.3, 0.4) is 0 Å². The van der Waals surface area contributed by atoms with Crippen LogP contribution in [-0.4, -0.2) is 25.0 Å². The molecule has 0 aliphatic carbocycles. The highest BCUT2D eigenvalue weighted by molar-refractivity contribution is 6.30. The lowest BCUT2D eigenvalue weighted by atomic mass is 10.1. The Morgan fingerprint density at radius 3 is 2.48 bits per heavy atom. The van der Waals surface area contributed by atoms with Crippen LogP contribution >= 0.6 is 11.6 Å². The predicted molar refractivity (Wildman–Crippen MR) is 109 cm³/mol. The highest BCUT2D eigenvalue weighted by Crippen LogP contribution is 2.23. The number of amides is 2. The molecule has 2 amide bonds. The number of hydrogen-bond acceptors (Lipinski definition) is 3. The van der Waals surface area contributed by atoms with Crippen LogP contribution in [0.2, 0.25) is 5.02 Å². The molecule has 6 heteroatoms. The number of carbonyl (C=O) groups is 2. The van der Waals surface area contributed by atoms with Crippen molar-refractivity contribution in [1.82, 2.24) is 5.32 Å². The number of anilines is 1. The number of ether oxygens (including phenoxy) is 1. The minimum Gasteiger partial charge on any atom is -0.496 e. The molecule has 0 heterocycles. The molecule has 0 aliphatic heterocycles. The normalized spacial score (nSPS) is 10.9. The van der Waals surface area contributed by atoms with Crippen LogP contribution in [0, 0.1) is 0 Å². The van der Waals surface area contributed by atoms with Crippen LogP contribution in [0.5, 0.6) is 5.75 Å². The number of methoxy groups -OCH3 is 1. The zero-order chi connectivity index (χ0) is 19.8. The van der Waals surface area contributed by atoms with E-state index in [1.165, 1.54) is 6.08 Å². The molecule has 0 spiro atoms. The van der Waals surface area contributed by atoms with E-state index < -0.39 is 0 Å². The van der Waals surface area contributed by atoms with Crippen LogP contribution in [0.4, 0.5) is 5.69 Å². The van der Waals surface area contributed by atoms with Crippen LogP contribution in [0.15, 0.2) is 48.5 Å². The van der Waals surface area contributed by atoms with E-state index in [-0.39, 0.29) is 17.9 Å². The summed E-state index contributed by atoms with van der Waals surface area (Å²) in [4.78, 5) is 23.9. The van der Waals surface area contributed by atoms with E-state index >= 15 is 0 Å². The van der Waals surface area contributed by atoms with Gasteiger partial charge >= 0.3 is 0 Å². The third-order valence-corrected chi connectivity index (χ3v) is 3.88. The average molecular weight is 387 g/mol. The summed E-state index contributed by atoms with van der Waals surface area (Å²) in [6.07, 6.45) is 3.36. The van der Waals surface area contributed by atoms with Gasteiger partial charge in [-0.1, -0.05) is 23.7 Å². The Kier molecular flexibility index (Phi) is 7.44. The summed E-state index contributed by atoms with van der Waals surface area (Å²) in [5.41, 5.74) is 2.24. The quantitative estimate of drug-likeness (QED) is 0.705. The molecule has 0 radical (unpaired) electrons. The van der Waals surface area contributed by atoms with Gasteiger partial charge in [0.05, 0.1) is 13.5 Å². The summed E-state index contributed by atoms with van der Waals surface area (Å²) < 4.78 is 5.25. The lowest BCUT2D eigenvalue weighted by Gasteiger charge is -2.09. The molecule has 0 bridgehead atoms. The highest BCUT2D eigenvalue weighted by Gasteiger charge is 2.06. The number of hydrogen-bond donors (Lipinski definition) is 2. The van der Waals surface area contributed by atoms with Crippen molar-refractivity contribution in [3.05, 3.63) is 64.7 Å². The average Bonchev–Trinajstić information content (AvgIpc) is 2.61. The molecule has 5 nitrogen and oxygen atoms in total. The molecule has 2 rings (SSSR count). The Bertz CT molecular complexity index is 830. The summed E-state index contributed by atoms with van der Waals surface area (Å²) in [6, 6.07) is 12.5. The Morgan fingerprint density at radius 1 is 1.15 bits per heavy atom. The molecule has 0 unspecified atom stereocenters. The molecule has 2 N–H and O–H groups in total. The molecule has 27 heavy (non-hydrogen) atoms. The van der Waals surface area contributed by atoms with Crippen LogP contribution in [0.1, 0.15) is 25.0 Å². The third kappa shape index (κ3) is 6.79. The van der Waals surface area contributed by atoms with E-state index in [0.29, 0.717) is 28.4 Å². The molecule has 2 aromatic carbocycles. The van der Waals surface area contributed by atoms with Gasteiger partial charge in [-0.05, 0) is 55.8 Å². The fourth-order valence-electron chi connectivity index (χ4n) is 2.45. The van der Waals surface area contributed by atoms with Crippen molar-refractivity contribution in [2.45, 2.75) is 26.3 Å². The topological polar surface area (TPSA) is 67.4 Å².